The summed E-state index contributed by atoms with van der Waals surface area (Å²) in [4.78, 5) is 25.5. The Bertz CT molecular complexity index is 512. The molecule has 1 unspecified atom stereocenters. The van der Waals surface area contributed by atoms with Crippen molar-refractivity contribution in [1.82, 2.24) is 14.9 Å². The summed E-state index contributed by atoms with van der Waals surface area (Å²) in [5.41, 5.74) is 5.70. The summed E-state index contributed by atoms with van der Waals surface area (Å²) in [6.45, 7) is 4.00. The predicted octanol–water partition coefficient (Wildman–Crippen LogP) is -0.952. The molecule has 0 aromatic rings. The van der Waals surface area contributed by atoms with Crippen molar-refractivity contribution in [2.75, 3.05) is 25.9 Å². The van der Waals surface area contributed by atoms with Crippen molar-refractivity contribution < 1.29 is 18.0 Å². The number of hydrogen-bond acceptors (Lipinski definition) is 5. The van der Waals surface area contributed by atoms with Gasteiger partial charge in [-0.1, -0.05) is 13.8 Å². The maximum Gasteiger partial charge on any atom is 0.242 e. The molecule has 0 aromatic heterocycles. The Balaban J connectivity index is 0.00000484. The van der Waals surface area contributed by atoms with E-state index in [0.29, 0.717) is 13.0 Å². The molecule has 2 amide bonds. The van der Waals surface area contributed by atoms with E-state index in [2.05, 4.69) is 10.0 Å². The number of nitrogens with one attached hydrogen (secondary N) is 2. The number of nitrogens with zero attached hydrogens (tertiary/aromatic N) is 1. The molecule has 1 heterocycles. The lowest BCUT2D eigenvalue weighted by Gasteiger charge is -2.25. The standard InChI is InChI=1S/C13H26N4O4S.ClH/c1-9(2)12(14)13(19)16-7-11(18)17-6-4-5-10(17)8-22(20,21)15-3;/h9-10,12,15H,4-8,14H2,1-3H3,(H,16,19);1H/t10?,12-;/m0./s1. The van der Waals surface area contributed by atoms with Gasteiger partial charge in [0.15, 0.2) is 0 Å². The maximum atomic E-state index is 12.2. The van der Waals surface area contributed by atoms with Crippen LogP contribution in [0.25, 0.3) is 0 Å². The zero-order valence-corrected chi connectivity index (χ0v) is 15.4. The number of likely N-dealkylation sites (tertiary alicyclic amines) is 1. The van der Waals surface area contributed by atoms with Gasteiger partial charge in [-0.2, -0.15) is 0 Å². The molecule has 1 saturated heterocycles. The highest BCUT2D eigenvalue weighted by Crippen LogP contribution is 2.18. The van der Waals surface area contributed by atoms with Crippen molar-refractivity contribution in [3.63, 3.8) is 0 Å². The first-order chi connectivity index (χ1) is 10.2. The average molecular weight is 371 g/mol. The van der Waals surface area contributed by atoms with Gasteiger partial charge in [0.2, 0.25) is 21.8 Å². The number of nitrogens with two attached hydrogens (primary N) is 1. The first-order valence-corrected chi connectivity index (χ1v) is 9.07. The summed E-state index contributed by atoms with van der Waals surface area (Å²) < 4.78 is 25.5. The molecule has 0 bridgehead atoms. The van der Waals surface area contributed by atoms with E-state index in [4.69, 9.17) is 5.73 Å². The molecule has 0 saturated carbocycles. The highest BCUT2D eigenvalue weighted by molar-refractivity contribution is 7.89. The second-order valence-corrected chi connectivity index (χ2v) is 7.83. The second kappa shape index (κ2) is 9.41. The Labute approximate surface area is 144 Å². The van der Waals surface area contributed by atoms with Crippen molar-refractivity contribution in [3.05, 3.63) is 0 Å². The van der Waals surface area contributed by atoms with E-state index in [1.54, 1.807) is 0 Å². The lowest BCUT2D eigenvalue weighted by atomic mass is 10.1. The zero-order chi connectivity index (χ0) is 16.9. The summed E-state index contributed by atoms with van der Waals surface area (Å²) in [7, 11) is -2.03. The van der Waals surface area contributed by atoms with Gasteiger partial charge in [-0.05, 0) is 25.8 Å². The lowest BCUT2D eigenvalue weighted by Crippen LogP contribution is -2.49. The third kappa shape index (κ3) is 6.62. The van der Waals surface area contributed by atoms with Gasteiger partial charge in [-0.15, -0.1) is 12.4 Å². The van der Waals surface area contributed by atoms with Gasteiger partial charge in [0.25, 0.3) is 0 Å². The monoisotopic (exact) mass is 370 g/mol. The van der Waals surface area contributed by atoms with Crippen LogP contribution in [0.2, 0.25) is 0 Å². The Morgan fingerprint density at radius 3 is 2.48 bits per heavy atom. The molecule has 0 spiro atoms. The van der Waals surface area contributed by atoms with Crippen LogP contribution in [0.3, 0.4) is 0 Å². The summed E-state index contributed by atoms with van der Waals surface area (Å²) >= 11 is 0. The molecule has 2 atom stereocenters. The average Bonchev–Trinajstić information content (AvgIpc) is 2.90. The molecule has 4 N–H and O–H groups in total. The van der Waals surface area contributed by atoms with Crippen LogP contribution in [0.4, 0.5) is 0 Å². The third-order valence-corrected chi connectivity index (χ3v) is 5.30. The fourth-order valence-corrected chi connectivity index (χ4v) is 3.38. The van der Waals surface area contributed by atoms with Gasteiger partial charge < -0.3 is 16.0 Å². The quantitative estimate of drug-likeness (QED) is 0.533. The largest absolute Gasteiger partial charge is 0.346 e. The first-order valence-electron chi connectivity index (χ1n) is 7.42. The first kappa shape index (κ1) is 22.1. The predicted molar refractivity (Wildman–Crippen MR) is 90.7 cm³/mol. The van der Waals surface area contributed by atoms with E-state index >= 15 is 0 Å². The summed E-state index contributed by atoms with van der Waals surface area (Å²) in [5.74, 6) is -0.787. The van der Waals surface area contributed by atoms with E-state index in [0.717, 1.165) is 6.42 Å². The van der Waals surface area contributed by atoms with Crippen LogP contribution in [-0.4, -0.2) is 63.1 Å². The molecule has 1 aliphatic heterocycles. The number of sulfonamides is 1. The Morgan fingerprint density at radius 1 is 1.35 bits per heavy atom. The second-order valence-electron chi connectivity index (χ2n) is 5.86. The number of carbonyl (C=O) groups excluding carboxylic acids is 2. The van der Waals surface area contributed by atoms with Crippen LogP contribution in [0.5, 0.6) is 0 Å². The number of amides is 2. The van der Waals surface area contributed by atoms with E-state index in [-0.39, 0.29) is 48.5 Å². The molecule has 1 fully saturated rings. The summed E-state index contributed by atoms with van der Waals surface area (Å²) in [5, 5.41) is 2.52. The normalized spacial score (nSPS) is 19.3. The van der Waals surface area contributed by atoms with Crippen LogP contribution in [-0.2, 0) is 19.6 Å². The minimum Gasteiger partial charge on any atom is -0.346 e. The number of halogens is 1. The van der Waals surface area contributed by atoms with Crippen molar-refractivity contribution in [1.29, 1.82) is 0 Å². The van der Waals surface area contributed by atoms with E-state index < -0.39 is 16.1 Å². The van der Waals surface area contributed by atoms with Crippen molar-refractivity contribution in [3.8, 4) is 0 Å². The highest BCUT2D eigenvalue weighted by Gasteiger charge is 2.32. The number of carbonyl (C=O) groups is 2. The Kier molecular flexibility index (Phi) is 9.04. The molecule has 0 aliphatic carbocycles. The van der Waals surface area contributed by atoms with Crippen LogP contribution < -0.4 is 15.8 Å². The SMILES string of the molecule is CNS(=O)(=O)CC1CCCN1C(=O)CNC(=O)[C@@H](N)C(C)C.Cl. The molecular weight excluding hydrogens is 344 g/mol. The Morgan fingerprint density at radius 2 is 1.96 bits per heavy atom. The highest BCUT2D eigenvalue weighted by atomic mass is 35.5. The van der Waals surface area contributed by atoms with Crippen LogP contribution >= 0.6 is 12.4 Å². The smallest absolute Gasteiger partial charge is 0.242 e. The van der Waals surface area contributed by atoms with Crippen molar-refractivity contribution in [2.24, 2.45) is 11.7 Å². The van der Waals surface area contributed by atoms with Crippen molar-refractivity contribution >= 4 is 34.2 Å². The van der Waals surface area contributed by atoms with Crippen molar-refractivity contribution in [2.45, 2.75) is 38.8 Å². The summed E-state index contributed by atoms with van der Waals surface area (Å²) in [6, 6.07) is -1.01. The van der Waals surface area contributed by atoms with Gasteiger partial charge in [0.1, 0.15) is 0 Å². The van der Waals surface area contributed by atoms with Gasteiger partial charge in [0, 0.05) is 12.6 Å². The van der Waals surface area contributed by atoms with Crippen LogP contribution in [0.1, 0.15) is 26.7 Å². The number of rotatable bonds is 7. The zero-order valence-electron chi connectivity index (χ0n) is 13.7. The Hall–Kier alpha value is -0.900. The van der Waals surface area contributed by atoms with Crippen LogP contribution in [0, 0.1) is 5.92 Å². The minimum atomic E-state index is -3.38. The molecule has 8 nitrogen and oxygen atoms in total. The van der Waals surface area contributed by atoms with Gasteiger partial charge in [0.05, 0.1) is 18.3 Å². The van der Waals surface area contributed by atoms with E-state index in [1.165, 1.54) is 11.9 Å². The van der Waals surface area contributed by atoms with E-state index in [1.807, 2.05) is 13.8 Å². The molecule has 23 heavy (non-hydrogen) atoms. The fraction of sp³-hybridized carbons (Fsp3) is 0.846. The molecule has 136 valence electrons. The fourth-order valence-electron chi connectivity index (χ4n) is 2.36. The maximum absolute atomic E-state index is 12.2. The number of hydrogen-bond donors (Lipinski definition) is 3. The van der Waals surface area contributed by atoms with E-state index in [9.17, 15) is 18.0 Å². The van der Waals surface area contributed by atoms with Gasteiger partial charge in [-0.25, -0.2) is 13.1 Å². The van der Waals surface area contributed by atoms with Gasteiger partial charge >= 0.3 is 0 Å². The summed E-state index contributed by atoms with van der Waals surface area (Å²) in [6.07, 6.45) is 1.40. The molecule has 0 aromatic carbocycles. The van der Waals surface area contributed by atoms with Crippen LogP contribution in [0.15, 0.2) is 0 Å². The topological polar surface area (TPSA) is 122 Å². The molecular formula is C13H27ClN4O4S. The lowest BCUT2D eigenvalue weighted by molar-refractivity contribution is -0.133. The molecule has 0 radical (unpaired) electrons. The molecule has 1 rings (SSSR count). The molecule has 1 aliphatic rings. The molecule has 10 heteroatoms. The third-order valence-electron chi connectivity index (χ3n) is 3.86. The minimum absolute atomic E-state index is 0. The van der Waals surface area contributed by atoms with Gasteiger partial charge in [-0.3, -0.25) is 9.59 Å².